The molecule has 0 spiro atoms. The second-order valence-electron chi connectivity index (χ2n) is 3.71. The van der Waals surface area contributed by atoms with E-state index in [1.807, 2.05) is 6.92 Å². The van der Waals surface area contributed by atoms with Gasteiger partial charge < -0.3 is 5.32 Å². The third kappa shape index (κ3) is 1.66. The minimum atomic E-state index is -0.0237. The highest BCUT2D eigenvalue weighted by Crippen LogP contribution is 2.26. The first kappa shape index (κ1) is 10.6. The highest BCUT2D eigenvalue weighted by atomic mass is 127. The summed E-state index contributed by atoms with van der Waals surface area (Å²) in [4.78, 5) is 15.6. The predicted molar refractivity (Wildman–Crippen MR) is 63.3 cm³/mol. The number of hydrogen-bond donors (Lipinski definition) is 2. The van der Waals surface area contributed by atoms with Crippen LogP contribution in [0.4, 0.5) is 5.82 Å². The van der Waals surface area contributed by atoms with Gasteiger partial charge in [0, 0.05) is 18.5 Å². The maximum absolute atomic E-state index is 11.5. The van der Waals surface area contributed by atoms with Crippen molar-refractivity contribution in [1.82, 2.24) is 9.55 Å². The van der Waals surface area contributed by atoms with Gasteiger partial charge in [-0.2, -0.15) is 0 Å². The maximum atomic E-state index is 11.5. The Hall–Kier alpha value is -0.920. The van der Waals surface area contributed by atoms with E-state index in [-0.39, 0.29) is 17.4 Å². The zero-order valence-electron chi connectivity index (χ0n) is 8.47. The molecule has 1 aromatic rings. The second kappa shape index (κ2) is 3.58. The average Bonchev–Trinajstić information content (AvgIpc) is 2.18. The molecular formula is C9H11IN4O. The van der Waals surface area contributed by atoms with Gasteiger partial charge in [0.1, 0.15) is 9.52 Å². The topological polar surface area (TPSA) is 70.8 Å². The molecule has 0 aliphatic carbocycles. The van der Waals surface area contributed by atoms with Crippen molar-refractivity contribution in [3.63, 3.8) is 0 Å². The van der Waals surface area contributed by atoms with Gasteiger partial charge in [0.2, 0.25) is 11.5 Å². The highest BCUT2D eigenvalue weighted by molar-refractivity contribution is 14.1. The van der Waals surface area contributed by atoms with E-state index in [1.165, 1.54) is 0 Å². The van der Waals surface area contributed by atoms with Crippen LogP contribution in [0.5, 0.6) is 0 Å². The average molecular weight is 318 g/mol. The number of rotatable bonds is 0. The van der Waals surface area contributed by atoms with Gasteiger partial charge in [-0.15, -0.1) is 0 Å². The van der Waals surface area contributed by atoms with Crippen LogP contribution < -0.4 is 10.9 Å². The normalized spacial score (nSPS) is 19.7. The number of aromatic nitrogens is 2. The molecule has 2 heterocycles. The van der Waals surface area contributed by atoms with Gasteiger partial charge in [-0.05, 0) is 29.0 Å². The number of carbonyl (C=O) groups is 1. The second-order valence-corrected chi connectivity index (χ2v) is 4.73. The number of hydrogen-bond acceptors (Lipinski definition) is 3. The Bertz CT molecular complexity index is 494. The molecule has 0 fully saturated rings. The van der Waals surface area contributed by atoms with Gasteiger partial charge in [-0.25, -0.2) is 4.98 Å². The highest BCUT2D eigenvalue weighted by Gasteiger charge is 2.26. The maximum Gasteiger partial charge on any atom is 0.228 e. The fourth-order valence-electron chi connectivity index (χ4n) is 1.62. The fraction of sp³-hybridized carbons (Fsp3) is 0.444. The molecule has 0 radical (unpaired) electrons. The molecule has 0 aromatic carbocycles. The van der Waals surface area contributed by atoms with E-state index in [4.69, 9.17) is 5.41 Å². The predicted octanol–water partition coefficient (Wildman–Crippen LogP) is 0.635. The molecular weight excluding hydrogens is 307 g/mol. The first-order valence-electron chi connectivity index (χ1n) is 4.61. The van der Waals surface area contributed by atoms with Crippen molar-refractivity contribution in [2.75, 3.05) is 5.32 Å². The van der Waals surface area contributed by atoms with Crippen LogP contribution in [0.25, 0.3) is 0 Å². The van der Waals surface area contributed by atoms with E-state index in [0.717, 1.165) is 9.26 Å². The molecule has 1 aliphatic heterocycles. The molecule has 6 heteroatoms. The van der Waals surface area contributed by atoms with E-state index >= 15 is 0 Å². The first-order valence-corrected chi connectivity index (χ1v) is 5.69. The molecule has 1 aromatic heterocycles. The zero-order chi connectivity index (χ0) is 11.2. The van der Waals surface area contributed by atoms with Gasteiger partial charge in [0.15, 0.2) is 0 Å². The number of amides is 1. The third-order valence-corrected chi connectivity index (χ3v) is 3.48. The monoisotopic (exact) mass is 318 g/mol. The van der Waals surface area contributed by atoms with Crippen molar-refractivity contribution in [2.45, 2.75) is 13.3 Å². The van der Waals surface area contributed by atoms with E-state index in [1.54, 1.807) is 11.6 Å². The Labute approximate surface area is 101 Å². The molecule has 1 atom stereocenters. The summed E-state index contributed by atoms with van der Waals surface area (Å²) < 4.78 is 2.40. The van der Waals surface area contributed by atoms with E-state index < -0.39 is 0 Å². The quantitative estimate of drug-likeness (QED) is 0.544. The largest absolute Gasteiger partial charge is 0.311 e. The summed E-state index contributed by atoms with van der Waals surface area (Å²) >= 11 is 2.11. The number of fused-ring (bicyclic) bond motifs is 1. The van der Waals surface area contributed by atoms with Crippen molar-refractivity contribution in [3.8, 4) is 0 Å². The van der Waals surface area contributed by atoms with Crippen molar-refractivity contribution >= 4 is 34.3 Å². The van der Waals surface area contributed by atoms with E-state index in [0.29, 0.717) is 12.2 Å². The number of carbonyl (C=O) groups excluding carboxylic acids is 1. The van der Waals surface area contributed by atoms with Crippen LogP contribution in [-0.2, 0) is 18.3 Å². The number of halogens is 1. The number of anilines is 1. The third-order valence-electron chi connectivity index (χ3n) is 2.59. The van der Waals surface area contributed by atoms with Gasteiger partial charge in [0.25, 0.3) is 0 Å². The van der Waals surface area contributed by atoms with Crippen LogP contribution >= 0.6 is 22.6 Å². The van der Waals surface area contributed by atoms with Crippen LogP contribution in [0.15, 0.2) is 0 Å². The number of nitrogens with zero attached hydrogens (tertiary/aromatic N) is 2. The summed E-state index contributed by atoms with van der Waals surface area (Å²) in [7, 11) is 1.74. The lowest BCUT2D eigenvalue weighted by molar-refractivity contribution is -0.119. The molecule has 2 rings (SSSR count). The van der Waals surface area contributed by atoms with Gasteiger partial charge >= 0.3 is 0 Å². The van der Waals surface area contributed by atoms with Crippen molar-refractivity contribution in [1.29, 1.82) is 5.41 Å². The van der Waals surface area contributed by atoms with Gasteiger partial charge in [-0.3, -0.25) is 14.8 Å². The van der Waals surface area contributed by atoms with Crippen LogP contribution in [-0.4, -0.2) is 15.5 Å². The summed E-state index contributed by atoms with van der Waals surface area (Å²) in [6.07, 6.45) is 0.695. The Balaban J connectivity index is 2.67. The van der Waals surface area contributed by atoms with Crippen molar-refractivity contribution in [2.24, 2.45) is 13.0 Å². The molecule has 0 saturated heterocycles. The van der Waals surface area contributed by atoms with Crippen LogP contribution in [0.1, 0.15) is 12.5 Å². The standard InChI is InChI=1S/C9H11IN4O/c1-4-3-5-6(10)12-9(11)14(2)7(5)13-8(4)15/h4,11H,3H2,1-2H3,(H,13,15). The van der Waals surface area contributed by atoms with Gasteiger partial charge in [-0.1, -0.05) is 6.92 Å². The molecule has 5 nitrogen and oxygen atoms in total. The summed E-state index contributed by atoms with van der Waals surface area (Å²) in [6, 6.07) is 0. The lowest BCUT2D eigenvalue weighted by atomic mass is 9.98. The summed E-state index contributed by atoms with van der Waals surface area (Å²) in [5.74, 6) is 0.700. The minimum absolute atomic E-state index is 0.0134. The van der Waals surface area contributed by atoms with Crippen molar-refractivity contribution in [3.05, 3.63) is 14.9 Å². The summed E-state index contributed by atoms with van der Waals surface area (Å²) in [5.41, 5.74) is 1.19. The SMILES string of the molecule is CC1Cc2c(I)nc(=N)n(C)c2NC1=O. The molecule has 0 saturated carbocycles. The summed E-state index contributed by atoms with van der Waals surface area (Å²) in [5, 5.41) is 10.4. The van der Waals surface area contributed by atoms with Gasteiger partial charge in [0.05, 0.1) is 0 Å². The Morgan fingerprint density at radius 2 is 2.33 bits per heavy atom. The summed E-state index contributed by atoms with van der Waals surface area (Å²) in [6.45, 7) is 1.89. The molecule has 1 unspecified atom stereocenters. The van der Waals surface area contributed by atoms with Crippen molar-refractivity contribution < 1.29 is 4.79 Å². The lowest BCUT2D eigenvalue weighted by Gasteiger charge is -2.24. The van der Waals surface area contributed by atoms with E-state index in [2.05, 4.69) is 32.9 Å². The van der Waals surface area contributed by atoms with Crippen LogP contribution in [0.2, 0.25) is 0 Å². The molecule has 1 amide bonds. The Morgan fingerprint density at radius 1 is 1.67 bits per heavy atom. The fourth-order valence-corrected chi connectivity index (χ4v) is 2.32. The molecule has 2 N–H and O–H groups in total. The molecule has 1 aliphatic rings. The minimum Gasteiger partial charge on any atom is -0.311 e. The molecule has 80 valence electrons. The van der Waals surface area contributed by atoms with Crippen LogP contribution in [0.3, 0.4) is 0 Å². The Kier molecular flexibility index (Phi) is 2.53. The van der Waals surface area contributed by atoms with E-state index in [9.17, 15) is 4.79 Å². The number of nitrogens with one attached hydrogen (secondary N) is 2. The first-order chi connectivity index (χ1) is 7.00. The molecule has 15 heavy (non-hydrogen) atoms. The smallest absolute Gasteiger partial charge is 0.228 e. The Morgan fingerprint density at radius 3 is 3.00 bits per heavy atom. The lowest BCUT2D eigenvalue weighted by Crippen LogP contribution is -2.35. The molecule has 0 bridgehead atoms. The van der Waals surface area contributed by atoms with Crippen LogP contribution in [0, 0.1) is 15.0 Å². The zero-order valence-corrected chi connectivity index (χ0v) is 10.6.